The molecule has 0 heterocycles. The third-order valence-electron chi connectivity index (χ3n) is 2.70. The summed E-state index contributed by atoms with van der Waals surface area (Å²) in [5.74, 6) is 0.980. The first-order valence-electron chi connectivity index (χ1n) is 6.00. The molecule has 0 fully saturated rings. The second-order valence-corrected chi connectivity index (χ2v) is 4.86. The van der Waals surface area contributed by atoms with E-state index >= 15 is 0 Å². The summed E-state index contributed by atoms with van der Waals surface area (Å²) >= 11 is 3.40. The molecular weight excluding hydrogens is 296 g/mol. The fraction of sp³-hybridized carbons (Fsp3) is 0.500. The van der Waals surface area contributed by atoms with Gasteiger partial charge in [0.15, 0.2) is 0 Å². The van der Waals surface area contributed by atoms with Gasteiger partial charge in [0.2, 0.25) is 0 Å². The lowest BCUT2D eigenvalue weighted by molar-refractivity contribution is -0.141. The van der Waals surface area contributed by atoms with E-state index in [2.05, 4.69) is 20.7 Å². The largest absolute Gasteiger partial charge is 0.494 e. The molecule has 0 saturated carbocycles. The number of halogens is 1. The van der Waals surface area contributed by atoms with Gasteiger partial charge < -0.3 is 9.47 Å². The van der Waals surface area contributed by atoms with Gasteiger partial charge in [0.05, 0.1) is 13.7 Å². The predicted octanol–water partition coefficient (Wildman–Crippen LogP) is 3.55. The van der Waals surface area contributed by atoms with Crippen LogP contribution in [-0.4, -0.2) is 19.7 Å². The normalized spacial score (nSPS) is 11.9. The van der Waals surface area contributed by atoms with Gasteiger partial charge in [0.1, 0.15) is 5.75 Å². The van der Waals surface area contributed by atoms with Gasteiger partial charge in [-0.25, -0.2) is 0 Å². The molecule has 1 aromatic rings. The van der Waals surface area contributed by atoms with Gasteiger partial charge in [-0.3, -0.25) is 4.79 Å². The molecule has 0 N–H and O–H groups in total. The Bertz CT molecular complexity index is 362. The SMILES string of the molecule is COC(=O)CC(C)CCOc1ccc(CBr)cc1. The second-order valence-electron chi connectivity index (χ2n) is 4.30. The molecule has 0 aliphatic rings. The highest BCUT2D eigenvalue weighted by molar-refractivity contribution is 9.08. The van der Waals surface area contributed by atoms with Crippen molar-refractivity contribution in [1.82, 2.24) is 0 Å². The summed E-state index contributed by atoms with van der Waals surface area (Å²) < 4.78 is 10.3. The fourth-order valence-corrected chi connectivity index (χ4v) is 1.90. The zero-order valence-corrected chi connectivity index (χ0v) is 12.4. The Hall–Kier alpha value is -1.03. The first-order chi connectivity index (χ1) is 8.65. The van der Waals surface area contributed by atoms with Gasteiger partial charge in [-0.1, -0.05) is 35.0 Å². The maximum absolute atomic E-state index is 11.1. The van der Waals surface area contributed by atoms with Crippen molar-refractivity contribution in [2.45, 2.75) is 25.1 Å². The van der Waals surface area contributed by atoms with Crippen molar-refractivity contribution in [2.75, 3.05) is 13.7 Å². The van der Waals surface area contributed by atoms with Crippen molar-refractivity contribution in [1.29, 1.82) is 0 Å². The zero-order chi connectivity index (χ0) is 13.4. The lowest BCUT2D eigenvalue weighted by Crippen LogP contribution is -2.10. The molecule has 0 radical (unpaired) electrons. The Balaban J connectivity index is 2.26. The average Bonchev–Trinajstić information content (AvgIpc) is 2.39. The summed E-state index contributed by atoms with van der Waals surface area (Å²) in [5.41, 5.74) is 1.22. The first kappa shape index (κ1) is 15.0. The van der Waals surface area contributed by atoms with E-state index in [4.69, 9.17) is 4.74 Å². The topological polar surface area (TPSA) is 35.5 Å². The molecule has 0 spiro atoms. The van der Waals surface area contributed by atoms with Crippen molar-refractivity contribution < 1.29 is 14.3 Å². The minimum atomic E-state index is -0.163. The summed E-state index contributed by atoms with van der Waals surface area (Å²) in [6.45, 7) is 2.64. The van der Waals surface area contributed by atoms with E-state index in [1.54, 1.807) is 0 Å². The maximum atomic E-state index is 11.1. The van der Waals surface area contributed by atoms with Crippen LogP contribution in [0.4, 0.5) is 0 Å². The molecular formula is C14H19BrO3. The number of esters is 1. The van der Waals surface area contributed by atoms with Gasteiger partial charge in [-0.15, -0.1) is 0 Å². The third kappa shape index (κ3) is 5.54. The Kier molecular flexibility index (Phi) is 6.80. The van der Waals surface area contributed by atoms with E-state index in [1.807, 2.05) is 31.2 Å². The maximum Gasteiger partial charge on any atom is 0.305 e. The smallest absolute Gasteiger partial charge is 0.305 e. The van der Waals surface area contributed by atoms with Crippen LogP contribution in [0, 0.1) is 5.92 Å². The number of carbonyl (C=O) groups is 1. The molecule has 0 amide bonds. The van der Waals surface area contributed by atoms with Crippen LogP contribution in [0.5, 0.6) is 5.75 Å². The molecule has 0 aromatic heterocycles. The molecule has 1 atom stereocenters. The highest BCUT2D eigenvalue weighted by Crippen LogP contribution is 2.15. The molecule has 0 aliphatic carbocycles. The van der Waals surface area contributed by atoms with Crippen molar-refractivity contribution in [3.05, 3.63) is 29.8 Å². The quantitative estimate of drug-likeness (QED) is 0.570. The summed E-state index contributed by atoms with van der Waals surface area (Å²) in [5, 5.41) is 0.851. The lowest BCUT2D eigenvalue weighted by Gasteiger charge is -2.11. The summed E-state index contributed by atoms with van der Waals surface area (Å²) in [4.78, 5) is 11.1. The minimum absolute atomic E-state index is 0.163. The highest BCUT2D eigenvalue weighted by atomic mass is 79.9. The van der Waals surface area contributed by atoms with Gasteiger partial charge >= 0.3 is 5.97 Å². The summed E-state index contributed by atoms with van der Waals surface area (Å²) in [7, 11) is 1.41. The van der Waals surface area contributed by atoms with Crippen LogP contribution in [0.1, 0.15) is 25.3 Å². The molecule has 1 unspecified atom stereocenters. The average molecular weight is 315 g/mol. The number of hydrogen-bond acceptors (Lipinski definition) is 3. The van der Waals surface area contributed by atoms with Gasteiger partial charge in [-0.05, 0) is 30.0 Å². The van der Waals surface area contributed by atoms with Gasteiger partial charge in [0.25, 0.3) is 0 Å². The second kappa shape index (κ2) is 8.14. The molecule has 4 heteroatoms. The number of hydrogen-bond donors (Lipinski definition) is 0. The number of benzene rings is 1. The fourth-order valence-electron chi connectivity index (χ4n) is 1.52. The van der Waals surface area contributed by atoms with Gasteiger partial charge in [0, 0.05) is 11.8 Å². The number of ether oxygens (including phenoxy) is 2. The Morgan fingerprint density at radius 1 is 1.33 bits per heavy atom. The lowest BCUT2D eigenvalue weighted by atomic mass is 10.1. The predicted molar refractivity (Wildman–Crippen MR) is 75.0 cm³/mol. The third-order valence-corrected chi connectivity index (χ3v) is 3.35. The van der Waals surface area contributed by atoms with Crippen molar-refractivity contribution in [3.8, 4) is 5.75 Å². The van der Waals surface area contributed by atoms with E-state index in [9.17, 15) is 4.79 Å². The van der Waals surface area contributed by atoms with Crippen molar-refractivity contribution in [2.24, 2.45) is 5.92 Å². The monoisotopic (exact) mass is 314 g/mol. The minimum Gasteiger partial charge on any atom is -0.494 e. The van der Waals surface area contributed by atoms with Crippen LogP contribution in [0.2, 0.25) is 0 Å². The highest BCUT2D eigenvalue weighted by Gasteiger charge is 2.09. The van der Waals surface area contributed by atoms with Crippen LogP contribution in [0.3, 0.4) is 0 Å². The number of methoxy groups -OCH3 is 1. The van der Waals surface area contributed by atoms with E-state index in [0.29, 0.717) is 13.0 Å². The van der Waals surface area contributed by atoms with Crippen molar-refractivity contribution in [3.63, 3.8) is 0 Å². The Morgan fingerprint density at radius 2 is 2.00 bits per heavy atom. The number of rotatable bonds is 7. The standard InChI is InChI=1S/C14H19BrO3/c1-11(9-14(16)17-2)7-8-18-13-5-3-12(10-15)4-6-13/h3-6,11H,7-10H2,1-2H3. The molecule has 0 aliphatic heterocycles. The van der Waals surface area contributed by atoms with Crippen LogP contribution < -0.4 is 4.74 Å². The summed E-state index contributed by atoms with van der Waals surface area (Å²) in [6, 6.07) is 7.98. The molecule has 3 nitrogen and oxygen atoms in total. The zero-order valence-electron chi connectivity index (χ0n) is 10.8. The molecule has 0 saturated heterocycles. The van der Waals surface area contributed by atoms with Crippen molar-refractivity contribution >= 4 is 21.9 Å². The van der Waals surface area contributed by atoms with Crippen LogP contribution in [0.15, 0.2) is 24.3 Å². The molecule has 18 heavy (non-hydrogen) atoms. The van der Waals surface area contributed by atoms with Gasteiger partial charge in [-0.2, -0.15) is 0 Å². The molecule has 1 aromatic carbocycles. The van der Waals surface area contributed by atoms with Crippen LogP contribution in [-0.2, 0) is 14.9 Å². The molecule has 1 rings (SSSR count). The van der Waals surface area contributed by atoms with E-state index < -0.39 is 0 Å². The van der Waals surface area contributed by atoms with E-state index in [1.165, 1.54) is 12.7 Å². The molecule has 100 valence electrons. The van der Waals surface area contributed by atoms with E-state index in [-0.39, 0.29) is 11.9 Å². The van der Waals surface area contributed by atoms with Crippen LogP contribution >= 0.6 is 15.9 Å². The number of carbonyl (C=O) groups excluding carboxylic acids is 1. The Morgan fingerprint density at radius 3 is 2.56 bits per heavy atom. The number of alkyl halides is 1. The Labute approximate surface area is 117 Å². The summed E-state index contributed by atoms with van der Waals surface area (Å²) in [6.07, 6.45) is 1.29. The van der Waals surface area contributed by atoms with Crippen LogP contribution in [0.25, 0.3) is 0 Å². The molecule has 0 bridgehead atoms. The van der Waals surface area contributed by atoms with E-state index in [0.717, 1.165) is 17.5 Å². The first-order valence-corrected chi connectivity index (χ1v) is 7.12.